The molecular weight excluding hydrogens is 268 g/mol. The molecule has 0 spiro atoms. The summed E-state index contributed by atoms with van der Waals surface area (Å²) in [6, 6.07) is 20.8. The summed E-state index contributed by atoms with van der Waals surface area (Å²) in [6.07, 6.45) is 0.963. The lowest BCUT2D eigenvalue weighted by atomic mass is 9.64. The molecule has 0 saturated carbocycles. The molecule has 2 unspecified atom stereocenters. The van der Waals surface area contributed by atoms with Gasteiger partial charge in [0.25, 0.3) is 0 Å². The van der Waals surface area contributed by atoms with Crippen molar-refractivity contribution in [2.24, 2.45) is 5.92 Å². The summed E-state index contributed by atoms with van der Waals surface area (Å²) < 4.78 is 0. The minimum absolute atomic E-state index is 0.0256. The van der Waals surface area contributed by atoms with E-state index in [9.17, 15) is 4.79 Å². The first kappa shape index (κ1) is 16.5. The van der Waals surface area contributed by atoms with Crippen molar-refractivity contribution in [3.63, 3.8) is 0 Å². The highest BCUT2D eigenvalue weighted by atomic mass is 16.1. The van der Waals surface area contributed by atoms with Gasteiger partial charge in [0.05, 0.1) is 0 Å². The molecular formula is C21H26O. The molecule has 2 rings (SSSR count). The Morgan fingerprint density at radius 3 is 1.91 bits per heavy atom. The molecule has 2 aromatic carbocycles. The van der Waals surface area contributed by atoms with E-state index in [-0.39, 0.29) is 23.0 Å². The van der Waals surface area contributed by atoms with E-state index in [2.05, 4.69) is 69.3 Å². The monoisotopic (exact) mass is 294 g/mol. The molecule has 22 heavy (non-hydrogen) atoms. The molecule has 0 bridgehead atoms. The molecule has 1 nitrogen and oxygen atoms in total. The lowest BCUT2D eigenvalue weighted by Crippen LogP contribution is -2.38. The van der Waals surface area contributed by atoms with Gasteiger partial charge in [0.2, 0.25) is 0 Å². The Morgan fingerprint density at radius 1 is 0.955 bits per heavy atom. The van der Waals surface area contributed by atoms with Gasteiger partial charge in [-0.15, -0.1) is 0 Å². The Balaban J connectivity index is 2.47. The summed E-state index contributed by atoms with van der Waals surface area (Å²) in [4.78, 5) is 12.5. The Hall–Kier alpha value is -1.89. The van der Waals surface area contributed by atoms with Gasteiger partial charge in [-0.25, -0.2) is 0 Å². The van der Waals surface area contributed by atoms with Crippen molar-refractivity contribution in [2.45, 2.75) is 45.4 Å². The highest BCUT2D eigenvalue weighted by Crippen LogP contribution is 2.42. The van der Waals surface area contributed by atoms with Gasteiger partial charge in [0, 0.05) is 5.92 Å². The predicted molar refractivity (Wildman–Crippen MR) is 93.1 cm³/mol. The fourth-order valence-electron chi connectivity index (χ4n) is 3.71. The van der Waals surface area contributed by atoms with E-state index in [1.807, 2.05) is 12.1 Å². The van der Waals surface area contributed by atoms with Crippen LogP contribution in [0.2, 0.25) is 0 Å². The summed E-state index contributed by atoms with van der Waals surface area (Å²) >= 11 is 0. The first-order valence-electron chi connectivity index (χ1n) is 8.09. The zero-order valence-corrected chi connectivity index (χ0v) is 14.0. The van der Waals surface area contributed by atoms with E-state index in [1.165, 1.54) is 11.1 Å². The maximum absolute atomic E-state index is 12.5. The third-order valence-electron chi connectivity index (χ3n) is 4.80. The van der Waals surface area contributed by atoms with Crippen LogP contribution < -0.4 is 0 Å². The van der Waals surface area contributed by atoms with Crippen molar-refractivity contribution in [2.75, 3.05) is 0 Å². The quantitative estimate of drug-likeness (QED) is 0.700. The van der Waals surface area contributed by atoms with E-state index in [0.29, 0.717) is 0 Å². The average Bonchev–Trinajstić information content (AvgIpc) is 2.53. The Bertz CT molecular complexity index is 598. The molecule has 0 fully saturated rings. The number of carbonyl (C=O) groups is 1. The van der Waals surface area contributed by atoms with Crippen molar-refractivity contribution in [3.05, 3.63) is 71.8 Å². The minimum Gasteiger partial charge on any atom is -0.300 e. The fourth-order valence-corrected chi connectivity index (χ4v) is 3.71. The maximum Gasteiger partial charge on any atom is 0.134 e. The zero-order valence-electron chi connectivity index (χ0n) is 14.0. The van der Waals surface area contributed by atoms with Gasteiger partial charge in [-0.3, -0.25) is 4.79 Å². The first-order chi connectivity index (χ1) is 10.5. The molecule has 116 valence electrons. The molecule has 0 radical (unpaired) electrons. The number of rotatable bonds is 6. The maximum atomic E-state index is 12.5. The standard InChI is InChI=1S/C21H26O/c1-5-19(17-12-8-6-9-13-17)20(16(2)22)21(3,4)18-14-10-7-11-15-18/h6-15,19-20H,5H2,1-4H3. The molecule has 0 N–H and O–H groups in total. The van der Waals surface area contributed by atoms with E-state index in [1.54, 1.807) is 6.92 Å². The normalized spacial score (nSPS) is 14.4. The average molecular weight is 294 g/mol. The Kier molecular flexibility index (Phi) is 5.18. The third-order valence-corrected chi connectivity index (χ3v) is 4.80. The summed E-state index contributed by atoms with van der Waals surface area (Å²) in [6.45, 7) is 8.30. The molecule has 1 heteroatoms. The van der Waals surface area contributed by atoms with Gasteiger partial charge in [-0.05, 0) is 35.8 Å². The van der Waals surface area contributed by atoms with E-state index in [0.717, 1.165) is 6.42 Å². The number of Topliss-reactive ketones (excluding diaryl/α,β-unsaturated/α-hetero) is 1. The van der Waals surface area contributed by atoms with Crippen molar-refractivity contribution in [1.82, 2.24) is 0 Å². The van der Waals surface area contributed by atoms with Crippen molar-refractivity contribution in [1.29, 1.82) is 0 Å². The number of hydrogen-bond acceptors (Lipinski definition) is 1. The lowest BCUT2D eigenvalue weighted by molar-refractivity contribution is -0.123. The topological polar surface area (TPSA) is 17.1 Å². The van der Waals surface area contributed by atoms with Crippen LogP contribution in [0.25, 0.3) is 0 Å². The zero-order chi connectivity index (χ0) is 16.2. The van der Waals surface area contributed by atoms with Gasteiger partial charge in [-0.1, -0.05) is 81.4 Å². The highest BCUT2D eigenvalue weighted by Gasteiger charge is 2.39. The van der Waals surface area contributed by atoms with Gasteiger partial charge in [-0.2, -0.15) is 0 Å². The number of benzene rings is 2. The Morgan fingerprint density at radius 2 is 1.45 bits per heavy atom. The number of carbonyl (C=O) groups excluding carboxylic acids is 1. The van der Waals surface area contributed by atoms with Crippen LogP contribution in [0, 0.1) is 5.92 Å². The van der Waals surface area contributed by atoms with Crippen LogP contribution in [-0.4, -0.2) is 5.78 Å². The molecule has 0 aromatic heterocycles. The summed E-state index contributed by atoms with van der Waals surface area (Å²) in [5.41, 5.74) is 2.29. The summed E-state index contributed by atoms with van der Waals surface area (Å²) in [7, 11) is 0. The van der Waals surface area contributed by atoms with Crippen LogP contribution in [0.15, 0.2) is 60.7 Å². The smallest absolute Gasteiger partial charge is 0.134 e. The van der Waals surface area contributed by atoms with Crippen LogP contribution in [0.4, 0.5) is 0 Å². The van der Waals surface area contributed by atoms with Crippen molar-refractivity contribution in [3.8, 4) is 0 Å². The molecule has 0 aliphatic carbocycles. The minimum atomic E-state index is -0.191. The number of hydrogen-bond donors (Lipinski definition) is 0. The van der Waals surface area contributed by atoms with Crippen molar-refractivity contribution < 1.29 is 4.79 Å². The van der Waals surface area contributed by atoms with Crippen molar-refractivity contribution >= 4 is 5.78 Å². The summed E-state index contributed by atoms with van der Waals surface area (Å²) in [5.74, 6) is 0.487. The Labute approximate surface area is 134 Å². The van der Waals surface area contributed by atoms with Crippen LogP contribution in [0.3, 0.4) is 0 Å². The van der Waals surface area contributed by atoms with Gasteiger partial charge in [0.1, 0.15) is 5.78 Å². The second kappa shape index (κ2) is 6.91. The summed E-state index contributed by atoms with van der Waals surface area (Å²) in [5, 5.41) is 0. The van der Waals surface area contributed by atoms with E-state index >= 15 is 0 Å². The van der Waals surface area contributed by atoms with Gasteiger partial charge >= 0.3 is 0 Å². The first-order valence-corrected chi connectivity index (χ1v) is 8.09. The predicted octanol–water partition coefficient (Wildman–Crippen LogP) is 5.36. The lowest BCUT2D eigenvalue weighted by Gasteiger charge is -2.38. The number of ketones is 1. The van der Waals surface area contributed by atoms with Gasteiger partial charge in [0.15, 0.2) is 0 Å². The van der Waals surface area contributed by atoms with Crippen LogP contribution in [-0.2, 0) is 10.2 Å². The molecule has 0 saturated heterocycles. The third kappa shape index (κ3) is 3.30. The van der Waals surface area contributed by atoms with E-state index in [4.69, 9.17) is 0 Å². The van der Waals surface area contributed by atoms with Crippen LogP contribution in [0.5, 0.6) is 0 Å². The van der Waals surface area contributed by atoms with Crippen LogP contribution >= 0.6 is 0 Å². The second-order valence-corrected chi connectivity index (χ2v) is 6.60. The SMILES string of the molecule is CCC(c1ccccc1)C(C(C)=O)C(C)(C)c1ccccc1. The molecule has 0 heterocycles. The molecule has 2 aromatic rings. The fraction of sp³-hybridized carbons (Fsp3) is 0.381. The second-order valence-electron chi connectivity index (χ2n) is 6.60. The van der Waals surface area contributed by atoms with Crippen LogP contribution in [0.1, 0.15) is 51.2 Å². The molecule has 2 atom stereocenters. The molecule has 0 amide bonds. The van der Waals surface area contributed by atoms with E-state index < -0.39 is 0 Å². The molecule has 0 aliphatic heterocycles. The highest BCUT2D eigenvalue weighted by molar-refractivity contribution is 5.81. The molecule has 0 aliphatic rings. The van der Waals surface area contributed by atoms with Gasteiger partial charge < -0.3 is 0 Å². The largest absolute Gasteiger partial charge is 0.300 e.